The quantitative estimate of drug-likeness (QED) is 0.349. The molecule has 4 saturated carbocycles. The lowest BCUT2D eigenvalue weighted by Crippen LogP contribution is -2.48. The normalized spacial score (nSPS) is 30.9. The van der Waals surface area contributed by atoms with Gasteiger partial charge in [-0.05, 0) is 97.6 Å². The van der Waals surface area contributed by atoms with Crippen molar-refractivity contribution >= 4 is 46.0 Å². The first-order valence-corrected chi connectivity index (χ1v) is 13.3. The average molecular weight is 492 g/mol. The maximum absolute atomic E-state index is 13.4. The number of benzene rings is 2. The van der Waals surface area contributed by atoms with E-state index in [0.717, 1.165) is 29.1 Å². The van der Waals surface area contributed by atoms with Crippen LogP contribution < -0.4 is 14.4 Å². The number of thioether (sulfide) groups is 1. The number of methoxy groups -OCH3 is 2. The third kappa shape index (κ3) is 3.57. The van der Waals surface area contributed by atoms with Crippen molar-refractivity contribution in [2.45, 2.75) is 43.9 Å². The number of thiocarbonyl (C=S) groups is 1. The van der Waals surface area contributed by atoms with Gasteiger partial charge in [-0.2, -0.15) is 0 Å². The molecule has 0 unspecified atom stereocenters. The minimum Gasteiger partial charge on any atom is -0.496 e. The topological polar surface area (TPSA) is 38.8 Å². The summed E-state index contributed by atoms with van der Waals surface area (Å²) in [6.07, 6.45) is 10.1. The molecule has 1 heterocycles. The van der Waals surface area contributed by atoms with E-state index in [1.807, 2.05) is 30.3 Å². The van der Waals surface area contributed by atoms with Crippen LogP contribution in [-0.2, 0) is 10.2 Å². The molecule has 0 atom stereocenters. The molecule has 34 heavy (non-hydrogen) atoms. The first-order valence-electron chi connectivity index (χ1n) is 12.1. The smallest absolute Gasteiger partial charge is 0.270 e. The number of carbonyl (C=O) groups is 1. The van der Waals surface area contributed by atoms with E-state index in [0.29, 0.717) is 26.1 Å². The Hall–Kier alpha value is -2.31. The van der Waals surface area contributed by atoms with Gasteiger partial charge in [0.05, 0.1) is 24.8 Å². The van der Waals surface area contributed by atoms with E-state index < -0.39 is 0 Å². The van der Waals surface area contributed by atoms with Crippen LogP contribution >= 0.6 is 24.0 Å². The van der Waals surface area contributed by atoms with Gasteiger partial charge in [0.2, 0.25) is 0 Å². The van der Waals surface area contributed by atoms with Crippen LogP contribution in [-0.4, -0.2) is 24.4 Å². The van der Waals surface area contributed by atoms with Crippen LogP contribution in [0.15, 0.2) is 47.4 Å². The molecule has 4 nitrogen and oxygen atoms in total. The molecule has 6 heteroatoms. The predicted molar refractivity (Wildman–Crippen MR) is 141 cm³/mol. The van der Waals surface area contributed by atoms with Gasteiger partial charge in [0.25, 0.3) is 5.91 Å². The van der Waals surface area contributed by atoms with Crippen molar-refractivity contribution in [2.24, 2.45) is 17.8 Å². The molecular weight excluding hydrogens is 462 g/mol. The molecule has 5 aliphatic rings. The molecule has 2 aromatic carbocycles. The number of ether oxygens (including phenoxy) is 2. The van der Waals surface area contributed by atoms with Gasteiger partial charge in [-0.25, -0.2) is 0 Å². The summed E-state index contributed by atoms with van der Waals surface area (Å²) < 4.78 is 11.7. The van der Waals surface area contributed by atoms with E-state index in [4.69, 9.17) is 21.7 Å². The Labute approximate surface area is 210 Å². The fourth-order valence-electron chi connectivity index (χ4n) is 7.27. The highest BCUT2D eigenvalue weighted by Gasteiger charge is 2.51. The van der Waals surface area contributed by atoms with Gasteiger partial charge in [-0.15, -0.1) is 0 Å². The van der Waals surface area contributed by atoms with Crippen molar-refractivity contribution in [3.05, 3.63) is 58.5 Å². The van der Waals surface area contributed by atoms with Crippen molar-refractivity contribution in [2.75, 3.05) is 19.1 Å². The molecule has 7 rings (SSSR count). The van der Waals surface area contributed by atoms with Crippen LogP contribution in [0.3, 0.4) is 0 Å². The second-order valence-corrected chi connectivity index (χ2v) is 12.0. The van der Waals surface area contributed by atoms with Crippen molar-refractivity contribution in [1.82, 2.24) is 0 Å². The van der Waals surface area contributed by atoms with E-state index in [1.54, 1.807) is 19.1 Å². The van der Waals surface area contributed by atoms with E-state index in [1.165, 1.54) is 55.9 Å². The molecule has 1 aliphatic heterocycles. The molecule has 1 amide bonds. The lowest BCUT2D eigenvalue weighted by atomic mass is 9.48. The number of hydrogen-bond acceptors (Lipinski definition) is 5. The van der Waals surface area contributed by atoms with Crippen molar-refractivity contribution < 1.29 is 14.3 Å². The molecule has 5 fully saturated rings. The molecule has 176 valence electrons. The monoisotopic (exact) mass is 491 g/mol. The third-order valence-corrected chi connectivity index (χ3v) is 9.59. The number of para-hydroxylation sites is 2. The highest BCUT2D eigenvalue weighted by atomic mass is 32.2. The summed E-state index contributed by atoms with van der Waals surface area (Å²) in [7, 11) is 3.30. The maximum atomic E-state index is 13.4. The summed E-state index contributed by atoms with van der Waals surface area (Å²) in [6, 6.07) is 14.1. The number of amides is 1. The van der Waals surface area contributed by atoms with Gasteiger partial charge < -0.3 is 9.47 Å². The Kier molecular flexibility index (Phi) is 5.49. The number of anilines is 1. The Morgan fingerprint density at radius 3 is 2.26 bits per heavy atom. The molecule has 0 N–H and O–H groups in total. The van der Waals surface area contributed by atoms with Crippen LogP contribution in [0.25, 0.3) is 6.08 Å². The van der Waals surface area contributed by atoms with Gasteiger partial charge in [-0.3, -0.25) is 9.69 Å². The van der Waals surface area contributed by atoms with E-state index in [-0.39, 0.29) is 5.91 Å². The van der Waals surface area contributed by atoms with Gasteiger partial charge in [0, 0.05) is 5.56 Å². The van der Waals surface area contributed by atoms with Crippen molar-refractivity contribution in [3.8, 4) is 11.5 Å². The summed E-state index contributed by atoms with van der Waals surface area (Å²) in [5.74, 6) is 3.94. The molecule has 2 aromatic rings. The highest BCUT2D eigenvalue weighted by molar-refractivity contribution is 8.27. The standard InChI is InChI=1S/C28H29NO3S2/c1-31-23-8-7-21(28-14-17-9-18(15-28)11-19(10-17)16-28)12-20(23)13-25-26(30)29(27(33)34-25)22-5-3-4-6-24(22)32-2/h3-8,12-13,17-19H,9-11,14-16H2,1-2H3/b25-13+. The fourth-order valence-corrected chi connectivity index (χ4v) is 8.55. The van der Waals surface area contributed by atoms with Crippen LogP contribution in [0, 0.1) is 17.8 Å². The second kappa shape index (κ2) is 8.42. The maximum Gasteiger partial charge on any atom is 0.270 e. The zero-order valence-electron chi connectivity index (χ0n) is 19.6. The Morgan fingerprint density at radius 2 is 1.62 bits per heavy atom. The number of rotatable bonds is 5. The average Bonchev–Trinajstić information content (AvgIpc) is 3.10. The van der Waals surface area contributed by atoms with Crippen LogP contribution in [0.2, 0.25) is 0 Å². The van der Waals surface area contributed by atoms with Crippen molar-refractivity contribution in [3.63, 3.8) is 0 Å². The van der Waals surface area contributed by atoms with Gasteiger partial charge in [-0.1, -0.05) is 42.2 Å². The van der Waals surface area contributed by atoms with E-state index >= 15 is 0 Å². The zero-order valence-corrected chi connectivity index (χ0v) is 21.2. The van der Waals surface area contributed by atoms with Crippen LogP contribution in [0.4, 0.5) is 5.69 Å². The molecule has 0 radical (unpaired) electrons. The fraction of sp³-hybridized carbons (Fsp3) is 0.429. The van der Waals surface area contributed by atoms with E-state index in [2.05, 4.69) is 18.2 Å². The first kappa shape index (κ1) is 22.2. The number of nitrogens with zero attached hydrogens (tertiary/aromatic N) is 1. The molecule has 4 aliphatic carbocycles. The highest BCUT2D eigenvalue weighted by Crippen LogP contribution is 2.61. The Morgan fingerprint density at radius 1 is 0.971 bits per heavy atom. The number of carbonyl (C=O) groups excluding carboxylic acids is 1. The molecule has 0 spiro atoms. The van der Waals surface area contributed by atoms with Gasteiger partial charge >= 0.3 is 0 Å². The van der Waals surface area contributed by atoms with Crippen molar-refractivity contribution in [1.29, 1.82) is 0 Å². The molecule has 4 bridgehead atoms. The third-order valence-electron chi connectivity index (χ3n) is 8.29. The van der Waals surface area contributed by atoms with E-state index in [9.17, 15) is 4.79 Å². The summed E-state index contributed by atoms with van der Waals surface area (Å²) in [4.78, 5) is 15.6. The van der Waals surface area contributed by atoms with Crippen LogP contribution in [0.1, 0.15) is 49.7 Å². The lowest BCUT2D eigenvalue weighted by Gasteiger charge is -2.57. The summed E-state index contributed by atoms with van der Waals surface area (Å²) in [5.41, 5.74) is 3.33. The summed E-state index contributed by atoms with van der Waals surface area (Å²) in [5, 5.41) is 0. The van der Waals surface area contributed by atoms with Gasteiger partial charge in [0.15, 0.2) is 4.32 Å². The molecule has 1 saturated heterocycles. The molecule has 0 aromatic heterocycles. The summed E-state index contributed by atoms with van der Waals surface area (Å²) >= 11 is 6.94. The first-order chi connectivity index (χ1) is 16.5. The SMILES string of the molecule is COc1ccc(C23CC4CC(CC(C4)C2)C3)cc1/C=C1/SC(=S)N(c2ccccc2OC)C1=O. The van der Waals surface area contributed by atoms with Crippen LogP contribution in [0.5, 0.6) is 11.5 Å². The largest absolute Gasteiger partial charge is 0.496 e. The van der Waals surface area contributed by atoms with Gasteiger partial charge in [0.1, 0.15) is 11.5 Å². The summed E-state index contributed by atoms with van der Waals surface area (Å²) in [6.45, 7) is 0. The minimum atomic E-state index is -0.123. The zero-order chi connectivity index (χ0) is 23.4. The predicted octanol–water partition coefficient (Wildman–Crippen LogP) is 6.58. The Bertz CT molecular complexity index is 1170. The number of hydrogen-bond donors (Lipinski definition) is 0. The second-order valence-electron chi connectivity index (χ2n) is 10.3. The Balaban J connectivity index is 1.36. The lowest BCUT2D eigenvalue weighted by molar-refractivity contribution is -0.113. The molecular formula is C28H29NO3S2. The minimum absolute atomic E-state index is 0.123.